The van der Waals surface area contributed by atoms with E-state index in [0.717, 1.165) is 29.7 Å². The second-order valence-electron chi connectivity index (χ2n) is 8.01. The fourth-order valence-corrected chi connectivity index (χ4v) is 3.76. The number of carbonyl (C=O) groups is 2. The van der Waals surface area contributed by atoms with Crippen molar-refractivity contribution in [3.8, 4) is 17.0 Å². The molecule has 32 heavy (non-hydrogen) atoms. The first-order valence-corrected chi connectivity index (χ1v) is 10.5. The number of aromatic nitrogens is 4. The first-order chi connectivity index (χ1) is 15.4. The van der Waals surface area contributed by atoms with Gasteiger partial charge in [0.25, 0.3) is 5.91 Å². The maximum Gasteiger partial charge on any atom is 0.273 e. The molecule has 1 unspecified atom stereocenters. The van der Waals surface area contributed by atoms with E-state index in [-0.39, 0.29) is 29.4 Å². The standard InChI is InChI=1S/C22H23N7O3/c1-11-14-10-29(3)28-18(14)13-5-4-6-15(20(13)32-11)24-16-9-17(25-21(30)12-7-8-12)26-27-19(16)22(31)23-2/h4-6,9-12H,7-8H2,1-3H3,(H,23,31)(H2,24,25,26,30). The van der Waals surface area contributed by atoms with Crippen LogP contribution in [0.5, 0.6) is 5.75 Å². The van der Waals surface area contributed by atoms with Crippen molar-refractivity contribution in [3.05, 3.63) is 41.7 Å². The average Bonchev–Trinajstić information content (AvgIpc) is 3.55. The first-order valence-electron chi connectivity index (χ1n) is 10.5. The zero-order valence-corrected chi connectivity index (χ0v) is 18.0. The van der Waals surface area contributed by atoms with Crippen LogP contribution in [0.25, 0.3) is 11.3 Å². The van der Waals surface area contributed by atoms with E-state index in [0.29, 0.717) is 17.1 Å². The van der Waals surface area contributed by atoms with Gasteiger partial charge in [-0.15, -0.1) is 10.2 Å². The quantitative estimate of drug-likeness (QED) is 0.565. The van der Waals surface area contributed by atoms with Crippen LogP contribution in [0.1, 0.15) is 41.9 Å². The van der Waals surface area contributed by atoms with Crippen molar-refractivity contribution in [1.29, 1.82) is 0 Å². The molecule has 0 saturated heterocycles. The Hall–Kier alpha value is -3.95. The Morgan fingerprint density at radius 2 is 2.00 bits per heavy atom. The lowest BCUT2D eigenvalue weighted by atomic mass is 10.00. The summed E-state index contributed by atoms with van der Waals surface area (Å²) in [6, 6.07) is 7.30. The molecule has 10 nitrogen and oxygen atoms in total. The number of hydrogen-bond acceptors (Lipinski definition) is 7. The Morgan fingerprint density at radius 1 is 1.19 bits per heavy atom. The topological polar surface area (TPSA) is 123 Å². The molecule has 1 aromatic carbocycles. The number of hydrogen-bond donors (Lipinski definition) is 3. The van der Waals surface area contributed by atoms with Crippen LogP contribution < -0.4 is 20.7 Å². The van der Waals surface area contributed by atoms with Crippen LogP contribution in [0.4, 0.5) is 17.2 Å². The predicted molar refractivity (Wildman–Crippen MR) is 118 cm³/mol. The Morgan fingerprint density at radius 3 is 2.75 bits per heavy atom. The third kappa shape index (κ3) is 3.53. The molecule has 1 fully saturated rings. The number of anilines is 3. The number of aryl methyl sites for hydroxylation is 1. The normalized spacial score (nSPS) is 16.4. The van der Waals surface area contributed by atoms with Gasteiger partial charge in [-0.1, -0.05) is 6.07 Å². The van der Waals surface area contributed by atoms with E-state index < -0.39 is 5.91 Å². The van der Waals surface area contributed by atoms with E-state index in [9.17, 15) is 9.59 Å². The highest BCUT2D eigenvalue weighted by molar-refractivity contribution is 6.00. The number of ether oxygens (including phenoxy) is 1. The van der Waals surface area contributed by atoms with Crippen LogP contribution in [0.3, 0.4) is 0 Å². The summed E-state index contributed by atoms with van der Waals surface area (Å²) in [4.78, 5) is 24.6. The number of fused-ring (bicyclic) bond motifs is 3. The summed E-state index contributed by atoms with van der Waals surface area (Å²) < 4.78 is 7.98. The molecule has 1 aliphatic carbocycles. The maximum atomic E-state index is 12.4. The Labute approximate surface area is 184 Å². The van der Waals surface area contributed by atoms with E-state index in [2.05, 4.69) is 31.2 Å². The van der Waals surface area contributed by atoms with Gasteiger partial charge in [0, 0.05) is 43.4 Å². The van der Waals surface area contributed by atoms with Gasteiger partial charge in [-0.05, 0) is 31.9 Å². The van der Waals surface area contributed by atoms with Crippen molar-refractivity contribution in [2.75, 3.05) is 17.7 Å². The molecule has 1 aliphatic heterocycles. The zero-order chi connectivity index (χ0) is 22.4. The van der Waals surface area contributed by atoms with E-state index in [1.165, 1.54) is 7.05 Å². The Balaban J connectivity index is 1.53. The number of nitrogens with one attached hydrogen (secondary N) is 3. The van der Waals surface area contributed by atoms with Crippen LogP contribution in [-0.4, -0.2) is 38.8 Å². The van der Waals surface area contributed by atoms with Gasteiger partial charge in [-0.3, -0.25) is 14.3 Å². The van der Waals surface area contributed by atoms with Crippen molar-refractivity contribution < 1.29 is 14.3 Å². The number of benzene rings is 1. The molecule has 0 bridgehead atoms. The van der Waals surface area contributed by atoms with Gasteiger partial charge in [0.15, 0.2) is 17.3 Å². The summed E-state index contributed by atoms with van der Waals surface area (Å²) in [6.07, 6.45) is 3.52. The summed E-state index contributed by atoms with van der Waals surface area (Å²) in [5, 5.41) is 21.2. The van der Waals surface area contributed by atoms with Crippen LogP contribution >= 0.6 is 0 Å². The molecule has 2 aromatic heterocycles. The molecule has 3 heterocycles. The van der Waals surface area contributed by atoms with Crippen LogP contribution in [-0.2, 0) is 11.8 Å². The molecule has 10 heteroatoms. The van der Waals surface area contributed by atoms with E-state index in [1.807, 2.05) is 38.4 Å². The molecule has 0 spiro atoms. The highest BCUT2D eigenvalue weighted by atomic mass is 16.5. The molecule has 0 radical (unpaired) electrons. The lowest BCUT2D eigenvalue weighted by Crippen LogP contribution is -2.22. The summed E-state index contributed by atoms with van der Waals surface area (Å²) in [7, 11) is 3.40. The highest BCUT2D eigenvalue weighted by Crippen LogP contribution is 2.46. The van der Waals surface area contributed by atoms with Gasteiger partial charge in [-0.25, -0.2) is 0 Å². The largest absolute Gasteiger partial charge is 0.483 e. The number of para-hydroxylation sites is 1. The molecule has 1 atom stereocenters. The van der Waals surface area contributed by atoms with Gasteiger partial charge in [0.2, 0.25) is 5.91 Å². The maximum absolute atomic E-state index is 12.4. The van der Waals surface area contributed by atoms with Crippen LogP contribution in [0.15, 0.2) is 30.5 Å². The minimum absolute atomic E-state index is 0.0235. The number of rotatable bonds is 5. The molecular formula is C22H23N7O3. The summed E-state index contributed by atoms with van der Waals surface area (Å²) >= 11 is 0. The Kier molecular flexibility index (Phi) is 4.76. The van der Waals surface area contributed by atoms with Gasteiger partial charge < -0.3 is 20.7 Å². The predicted octanol–water partition coefficient (Wildman–Crippen LogP) is 2.78. The highest BCUT2D eigenvalue weighted by Gasteiger charge is 2.31. The van der Waals surface area contributed by atoms with Crippen molar-refractivity contribution in [2.45, 2.75) is 25.9 Å². The smallest absolute Gasteiger partial charge is 0.273 e. The average molecular weight is 433 g/mol. The monoisotopic (exact) mass is 433 g/mol. The van der Waals surface area contributed by atoms with Gasteiger partial charge in [0.05, 0.1) is 11.4 Å². The fraction of sp³-hybridized carbons (Fsp3) is 0.318. The molecule has 1 saturated carbocycles. The molecule has 164 valence electrons. The van der Waals surface area contributed by atoms with Gasteiger partial charge >= 0.3 is 0 Å². The molecule has 3 N–H and O–H groups in total. The van der Waals surface area contributed by atoms with Crippen molar-refractivity contribution in [1.82, 2.24) is 25.3 Å². The molecule has 2 amide bonds. The van der Waals surface area contributed by atoms with Crippen LogP contribution in [0.2, 0.25) is 0 Å². The van der Waals surface area contributed by atoms with Crippen LogP contribution in [0, 0.1) is 5.92 Å². The van der Waals surface area contributed by atoms with Crippen molar-refractivity contribution in [3.63, 3.8) is 0 Å². The van der Waals surface area contributed by atoms with Gasteiger partial charge in [0.1, 0.15) is 11.8 Å². The minimum atomic E-state index is -0.397. The molecular weight excluding hydrogens is 410 g/mol. The van der Waals surface area contributed by atoms with E-state index in [4.69, 9.17) is 4.74 Å². The second kappa shape index (κ2) is 7.63. The Bertz CT molecular complexity index is 1230. The minimum Gasteiger partial charge on any atom is -0.483 e. The third-order valence-corrected chi connectivity index (χ3v) is 5.56. The zero-order valence-electron chi connectivity index (χ0n) is 18.0. The van der Waals surface area contributed by atoms with Crippen molar-refractivity contribution >= 4 is 29.0 Å². The van der Waals surface area contributed by atoms with E-state index >= 15 is 0 Å². The third-order valence-electron chi connectivity index (χ3n) is 5.56. The number of nitrogens with zero attached hydrogens (tertiary/aromatic N) is 4. The van der Waals surface area contributed by atoms with Crippen molar-refractivity contribution in [2.24, 2.45) is 13.0 Å². The van der Waals surface area contributed by atoms with E-state index in [1.54, 1.807) is 10.7 Å². The second-order valence-corrected chi connectivity index (χ2v) is 8.01. The molecule has 3 aromatic rings. The summed E-state index contributed by atoms with van der Waals surface area (Å²) in [5.41, 5.74) is 3.90. The summed E-state index contributed by atoms with van der Waals surface area (Å²) in [6.45, 7) is 1.97. The molecule has 2 aliphatic rings. The summed E-state index contributed by atoms with van der Waals surface area (Å²) in [5.74, 6) is 0.453. The SMILES string of the molecule is CNC(=O)c1nnc(NC(=O)C2CC2)cc1Nc1cccc2c1OC(C)c1cn(C)nc1-2. The number of amides is 2. The lowest BCUT2D eigenvalue weighted by Gasteiger charge is -2.25. The first kappa shape index (κ1) is 20.0. The fourth-order valence-electron chi connectivity index (χ4n) is 3.76. The lowest BCUT2D eigenvalue weighted by molar-refractivity contribution is -0.117. The number of carbonyl (C=O) groups excluding carboxylic acids is 2. The van der Waals surface area contributed by atoms with Gasteiger partial charge in [-0.2, -0.15) is 5.10 Å². The molecule has 5 rings (SSSR count).